The molecular weight excluding hydrogens is 499 g/mol. The van der Waals surface area contributed by atoms with E-state index in [1.54, 1.807) is 36.4 Å². The quantitative estimate of drug-likeness (QED) is 0.410. The minimum absolute atomic E-state index is 0.0496. The van der Waals surface area contributed by atoms with Crippen molar-refractivity contribution in [1.29, 1.82) is 0 Å². The van der Waals surface area contributed by atoms with Crippen LogP contribution in [0.4, 0.5) is 11.4 Å². The highest BCUT2D eigenvalue weighted by Gasteiger charge is 2.40. The van der Waals surface area contributed by atoms with E-state index in [0.29, 0.717) is 29.2 Å². The highest BCUT2D eigenvalue weighted by Crippen LogP contribution is 2.36. The van der Waals surface area contributed by atoms with E-state index in [9.17, 15) is 24.3 Å². The van der Waals surface area contributed by atoms with Crippen LogP contribution in [-0.4, -0.2) is 34.0 Å². The normalized spacial score (nSPS) is 22.2. The van der Waals surface area contributed by atoms with Crippen molar-refractivity contribution in [2.45, 2.75) is 29.4 Å². The topological polar surface area (TPSA) is 104 Å². The predicted molar refractivity (Wildman–Crippen MR) is 131 cm³/mol. The number of imide groups is 1. The van der Waals surface area contributed by atoms with Crippen LogP contribution in [0.1, 0.15) is 19.3 Å². The average Bonchev–Trinajstić information content (AvgIpc) is 3.09. The maximum atomic E-state index is 12.9. The molecule has 1 aliphatic carbocycles. The highest BCUT2D eigenvalue weighted by molar-refractivity contribution is 8.00. The molecule has 1 fully saturated rings. The molecule has 7 nitrogen and oxygen atoms in total. The Morgan fingerprint density at radius 2 is 1.65 bits per heavy atom. The largest absolute Gasteiger partial charge is 0.481 e. The Morgan fingerprint density at radius 3 is 2.29 bits per heavy atom. The van der Waals surface area contributed by atoms with Crippen molar-refractivity contribution in [2.24, 2.45) is 11.8 Å². The van der Waals surface area contributed by atoms with Gasteiger partial charge in [-0.3, -0.25) is 19.2 Å². The third kappa shape index (κ3) is 5.14. The lowest BCUT2D eigenvalue weighted by Gasteiger charge is -2.24. The van der Waals surface area contributed by atoms with Crippen molar-refractivity contribution in [3.8, 4) is 0 Å². The van der Waals surface area contributed by atoms with Gasteiger partial charge in [-0.15, -0.1) is 11.8 Å². The third-order valence-corrected chi connectivity index (χ3v) is 7.69. The van der Waals surface area contributed by atoms with Crippen LogP contribution in [-0.2, 0) is 19.2 Å². The molecule has 1 saturated heterocycles. The number of carbonyl (C=O) groups is 4. The Labute approximate surface area is 210 Å². The molecule has 0 saturated carbocycles. The maximum absolute atomic E-state index is 12.9. The van der Waals surface area contributed by atoms with E-state index in [0.717, 1.165) is 9.80 Å². The highest BCUT2D eigenvalue weighted by atomic mass is 35.5. The van der Waals surface area contributed by atoms with Crippen LogP contribution in [0.25, 0.3) is 0 Å². The third-order valence-electron chi connectivity index (χ3n) is 5.75. The number of carboxylic acid groups (broad SMARTS) is 1. The molecule has 0 spiro atoms. The van der Waals surface area contributed by atoms with Crippen LogP contribution in [0.5, 0.6) is 0 Å². The summed E-state index contributed by atoms with van der Waals surface area (Å²) in [4.78, 5) is 51.3. The summed E-state index contributed by atoms with van der Waals surface area (Å²) in [5.74, 6) is -3.36. The van der Waals surface area contributed by atoms with Gasteiger partial charge >= 0.3 is 5.97 Å². The Kier molecular flexibility index (Phi) is 7.30. The monoisotopic (exact) mass is 518 g/mol. The molecule has 2 aliphatic rings. The molecule has 0 unspecified atom stereocenters. The molecule has 1 heterocycles. The van der Waals surface area contributed by atoms with E-state index >= 15 is 0 Å². The number of anilines is 2. The van der Waals surface area contributed by atoms with Gasteiger partial charge < -0.3 is 10.4 Å². The van der Waals surface area contributed by atoms with E-state index in [-0.39, 0.29) is 29.2 Å². The predicted octanol–water partition coefficient (Wildman–Crippen LogP) is 5.02. The number of benzene rings is 2. The van der Waals surface area contributed by atoms with Crippen molar-refractivity contribution in [3.05, 3.63) is 64.7 Å². The molecule has 2 aromatic carbocycles. The first-order valence-electron chi connectivity index (χ1n) is 10.5. The van der Waals surface area contributed by atoms with Crippen molar-refractivity contribution >= 4 is 70.0 Å². The van der Waals surface area contributed by atoms with Crippen molar-refractivity contribution in [1.82, 2.24) is 0 Å². The van der Waals surface area contributed by atoms with Gasteiger partial charge in [0.05, 0.1) is 32.8 Å². The van der Waals surface area contributed by atoms with E-state index in [2.05, 4.69) is 5.32 Å². The molecular formula is C24H20Cl2N2O5S. The molecule has 0 aromatic heterocycles. The number of aliphatic carboxylic acids is 1. The first-order chi connectivity index (χ1) is 16.2. The second-order valence-corrected chi connectivity index (χ2v) is 10.1. The number of halogens is 2. The Hall–Kier alpha value is -2.81. The number of allylic oxidation sites excluding steroid dienone is 2. The van der Waals surface area contributed by atoms with Crippen LogP contribution in [0.2, 0.25) is 10.0 Å². The molecule has 4 rings (SSSR count). The first kappa shape index (κ1) is 24.3. The van der Waals surface area contributed by atoms with Gasteiger partial charge in [0.25, 0.3) is 0 Å². The first-order valence-corrected chi connectivity index (χ1v) is 12.2. The number of hydrogen-bond donors (Lipinski definition) is 2. The number of amides is 3. The number of nitrogens with one attached hydrogen (secondary N) is 1. The zero-order chi connectivity index (χ0) is 24.4. The second kappa shape index (κ2) is 10.2. The van der Waals surface area contributed by atoms with E-state index in [1.165, 1.54) is 23.9 Å². The summed E-state index contributed by atoms with van der Waals surface area (Å²) < 4.78 is 0. The summed E-state index contributed by atoms with van der Waals surface area (Å²) in [6.45, 7) is 0. The van der Waals surface area contributed by atoms with Crippen LogP contribution in [0, 0.1) is 11.8 Å². The van der Waals surface area contributed by atoms with Crippen LogP contribution in [0.3, 0.4) is 0 Å². The van der Waals surface area contributed by atoms with Crippen LogP contribution < -0.4 is 10.2 Å². The number of carbonyl (C=O) groups excluding carboxylic acids is 3. The van der Waals surface area contributed by atoms with Crippen LogP contribution in [0.15, 0.2) is 59.5 Å². The van der Waals surface area contributed by atoms with Crippen LogP contribution >= 0.6 is 35.0 Å². The summed E-state index contributed by atoms with van der Waals surface area (Å²) in [7, 11) is 0. The van der Waals surface area contributed by atoms with Gasteiger partial charge in [-0.25, -0.2) is 4.90 Å². The van der Waals surface area contributed by atoms with Gasteiger partial charge in [0.15, 0.2) is 0 Å². The lowest BCUT2D eigenvalue weighted by atomic mass is 9.82. The SMILES string of the molecule is O=C(Nc1ccc(S[C@@H]2CC(=O)N(c3ccc(Cl)c(Cl)c3)C2=O)cc1)[C@H]1CC=CC[C@H]1C(=O)O. The standard InChI is InChI=1S/C24H20Cl2N2O5S/c25-18-10-7-14(11-19(18)26)28-21(29)12-20(23(28)31)34-15-8-5-13(6-9-15)27-22(30)16-3-1-2-4-17(16)24(32)33/h1-2,5-11,16-17,20H,3-4,12H2,(H,27,30)(H,32,33)/t16-,17+,20+/m0/s1. The minimum Gasteiger partial charge on any atom is -0.481 e. The molecule has 176 valence electrons. The summed E-state index contributed by atoms with van der Waals surface area (Å²) >= 11 is 13.2. The fourth-order valence-corrected chi connectivity index (χ4v) is 5.33. The number of nitrogens with zero attached hydrogens (tertiary/aromatic N) is 1. The van der Waals surface area contributed by atoms with E-state index < -0.39 is 23.1 Å². The summed E-state index contributed by atoms with van der Waals surface area (Å²) in [5.41, 5.74) is 0.905. The molecule has 2 N–H and O–H groups in total. The zero-order valence-electron chi connectivity index (χ0n) is 17.7. The average molecular weight is 519 g/mol. The summed E-state index contributed by atoms with van der Waals surface area (Å²) in [6.07, 6.45) is 4.37. The Balaban J connectivity index is 1.40. The molecule has 3 atom stereocenters. The fraction of sp³-hybridized carbons (Fsp3) is 0.250. The lowest BCUT2D eigenvalue weighted by molar-refractivity contribution is -0.146. The Morgan fingerprint density at radius 1 is 0.971 bits per heavy atom. The Bertz CT molecular complexity index is 1180. The van der Waals surface area contributed by atoms with Crippen molar-refractivity contribution in [3.63, 3.8) is 0 Å². The van der Waals surface area contributed by atoms with Crippen molar-refractivity contribution in [2.75, 3.05) is 10.2 Å². The molecule has 1 aliphatic heterocycles. The smallest absolute Gasteiger partial charge is 0.307 e. The molecule has 10 heteroatoms. The zero-order valence-corrected chi connectivity index (χ0v) is 20.1. The van der Waals surface area contributed by atoms with Gasteiger partial charge in [-0.2, -0.15) is 0 Å². The van der Waals surface area contributed by atoms with Gasteiger partial charge in [-0.1, -0.05) is 35.4 Å². The molecule has 0 bridgehead atoms. The molecule has 3 amide bonds. The van der Waals surface area contributed by atoms with Gasteiger partial charge in [-0.05, 0) is 55.3 Å². The minimum atomic E-state index is -0.984. The molecule has 34 heavy (non-hydrogen) atoms. The second-order valence-electron chi connectivity index (χ2n) is 7.98. The van der Waals surface area contributed by atoms with Crippen molar-refractivity contribution < 1.29 is 24.3 Å². The van der Waals surface area contributed by atoms with E-state index in [1.807, 2.05) is 6.08 Å². The number of rotatable bonds is 6. The van der Waals surface area contributed by atoms with Gasteiger partial charge in [0, 0.05) is 17.0 Å². The molecule has 2 aromatic rings. The lowest BCUT2D eigenvalue weighted by Crippen LogP contribution is -2.34. The summed E-state index contributed by atoms with van der Waals surface area (Å²) in [5, 5.41) is 12.1. The summed E-state index contributed by atoms with van der Waals surface area (Å²) in [6, 6.07) is 11.5. The van der Waals surface area contributed by atoms with E-state index in [4.69, 9.17) is 23.2 Å². The number of thioether (sulfide) groups is 1. The number of carboxylic acids is 1. The molecule has 0 radical (unpaired) electrons. The number of hydrogen-bond acceptors (Lipinski definition) is 5. The van der Waals surface area contributed by atoms with Gasteiger partial charge in [0.1, 0.15) is 0 Å². The maximum Gasteiger partial charge on any atom is 0.307 e. The van der Waals surface area contributed by atoms with Gasteiger partial charge in [0.2, 0.25) is 17.7 Å². The fourth-order valence-electron chi connectivity index (χ4n) is 3.98.